The molecule has 0 aromatic heterocycles. The van der Waals surface area contributed by atoms with Crippen LogP contribution in [-0.4, -0.2) is 8.07 Å². The molecule has 0 unspecified atom stereocenters. The van der Waals surface area contributed by atoms with Gasteiger partial charge in [0.25, 0.3) is 0 Å². The van der Waals surface area contributed by atoms with Gasteiger partial charge >= 0.3 is 0 Å². The molecule has 0 amide bonds. The zero-order valence-corrected chi connectivity index (χ0v) is 13.5. The molecule has 0 fully saturated rings. The van der Waals surface area contributed by atoms with Gasteiger partial charge in [-0.2, -0.15) is 0 Å². The van der Waals surface area contributed by atoms with E-state index >= 15 is 0 Å². The maximum absolute atomic E-state index is 13.9. The van der Waals surface area contributed by atoms with Crippen molar-refractivity contribution in [2.45, 2.75) is 26.6 Å². The summed E-state index contributed by atoms with van der Waals surface area (Å²) in [5, 5.41) is 0.905. The molecular formula is C10H13BrFISi. The number of aryl methyl sites for hydroxylation is 1. The van der Waals surface area contributed by atoms with Gasteiger partial charge in [0.15, 0.2) is 0 Å². The van der Waals surface area contributed by atoms with Crippen LogP contribution in [0.15, 0.2) is 10.5 Å². The topological polar surface area (TPSA) is 0 Å². The van der Waals surface area contributed by atoms with Crippen LogP contribution in [0.3, 0.4) is 0 Å². The maximum atomic E-state index is 13.9. The Hall–Kier alpha value is 0.577. The maximum Gasteiger partial charge on any atom is 0.136 e. The summed E-state index contributed by atoms with van der Waals surface area (Å²) in [6.45, 7) is 8.48. The summed E-state index contributed by atoms with van der Waals surface area (Å²) in [6.07, 6.45) is 0. The van der Waals surface area contributed by atoms with Crippen molar-refractivity contribution >= 4 is 51.8 Å². The lowest BCUT2D eigenvalue weighted by Crippen LogP contribution is -2.42. The lowest BCUT2D eigenvalue weighted by molar-refractivity contribution is 0.626. The van der Waals surface area contributed by atoms with Crippen LogP contribution in [0.25, 0.3) is 0 Å². The molecule has 14 heavy (non-hydrogen) atoms. The first-order chi connectivity index (χ1) is 6.25. The van der Waals surface area contributed by atoms with Crippen molar-refractivity contribution in [2.75, 3.05) is 0 Å². The van der Waals surface area contributed by atoms with E-state index in [2.05, 4.69) is 58.2 Å². The van der Waals surface area contributed by atoms with Crippen LogP contribution in [0.1, 0.15) is 5.56 Å². The van der Waals surface area contributed by atoms with Gasteiger partial charge in [-0.25, -0.2) is 4.39 Å². The van der Waals surface area contributed by atoms with E-state index in [9.17, 15) is 4.39 Å². The molecule has 0 atom stereocenters. The molecule has 0 nitrogen and oxygen atoms in total. The Balaban J connectivity index is 3.56. The number of hydrogen-bond acceptors (Lipinski definition) is 0. The van der Waals surface area contributed by atoms with E-state index < -0.39 is 8.07 Å². The third-order valence-electron chi connectivity index (χ3n) is 2.09. The van der Waals surface area contributed by atoms with Gasteiger partial charge < -0.3 is 0 Å². The Morgan fingerprint density at radius 1 is 1.36 bits per heavy atom. The molecule has 0 heterocycles. The van der Waals surface area contributed by atoms with Gasteiger partial charge in [-0.1, -0.05) is 35.6 Å². The van der Waals surface area contributed by atoms with E-state index in [-0.39, 0.29) is 5.82 Å². The number of hydrogen-bond donors (Lipinski definition) is 0. The van der Waals surface area contributed by atoms with Gasteiger partial charge in [0.05, 0.1) is 8.07 Å². The molecule has 0 N–H and O–H groups in total. The molecule has 1 rings (SSSR count). The minimum absolute atomic E-state index is 0.0396. The SMILES string of the molecule is Cc1cc(I)c(F)c([Si](C)(C)C)c1Br. The standard InChI is InChI=1S/C10H13BrFISi/c1-6-5-7(13)9(12)10(8(6)11)14(2,3)4/h5H,1-4H3. The quantitative estimate of drug-likeness (QED) is 0.388. The molecule has 0 aliphatic carbocycles. The van der Waals surface area contributed by atoms with Crippen LogP contribution >= 0.6 is 38.5 Å². The first-order valence-corrected chi connectivity index (χ1v) is 9.77. The highest BCUT2D eigenvalue weighted by Gasteiger charge is 2.26. The largest absolute Gasteiger partial charge is 0.206 e. The summed E-state index contributed by atoms with van der Waals surface area (Å²) in [4.78, 5) is 0. The molecule has 0 bridgehead atoms. The first kappa shape index (κ1) is 12.6. The van der Waals surface area contributed by atoms with Crippen molar-refractivity contribution in [2.24, 2.45) is 0 Å². The number of halogens is 3. The van der Waals surface area contributed by atoms with Crippen LogP contribution in [0, 0.1) is 16.3 Å². The molecule has 0 saturated heterocycles. The molecule has 0 spiro atoms. The highest BCUT2D eigenvalue weighted by molar-refractivity contribution is 14.1. The normalized spacial score (nSPS) is 11.9. The number of benzene rings is 1. The summed E-state index contributed by atoms with van der Waals surface area (Å²) in [5.74, 6) is -0.0396. The highest BCUT2D eigenvalue weighted by Crippen LogP contribution is 2.23. The van der Waals surface area contributed by atoms with Crippen molar-refractivity contribution in [1.29, 1.82) is 0 Å². The van der Waals surface area contributed by atoms with Crippen LogP contribution in [0.2, 0.25) is 19.6 Å². The van der Waals surface area contributed by atoms with Crippen molar-refractivity contribution in [3.63, 3.8) is 0 Å². The molecule has 1 aromatic carbocycles. The predicted molar refractivity (Wildman–Crippen MR) is 74.5 cm³/mol. The van der Waals surface area contributed by atoms with E-state index in [0.717, 1.165) is 18.8 Å². The molecule has 0 aliphatic heterocycles. The van der Waals surface area contributed by atoms with Crippen LogP contribution < -0.4 is 5.19 Å². The van der Waals surface area contributed by atoms with Gasteiger partial charge in [0.1, 0.15) is 5.82 Å². The second-order valence-corrected chi connectivity index (χ2v) is 11.4. The van der Waals surface area contributed by atoms with Gasteiger partial charge in [-0.3, -0.25) is 0 Å². The van der Waals surface area contributed by atoms with Gasteiger partial charge in [-0.05, 0) is 46.3 Å². The second kappa shape index (κ2) is 4.21. The third-order valence-corrected chi connectivity index (χ3v) is 6.23. The van der Waals surface area contributed by atoms with E-state index in [0.29, 0.717) is 0 Å². The lowest BCUT2D eigenvalue weighted by Gasteiger charge is -2.21. The summed E-state index contributed by atoms with van der Waals surface area (Å²) < 4.78 is 15.6. The molecule has 1 aromatic rings. The zero-order valence-electron chi connectivity index (χ0n) is 8.71. The van der Waals surface area contributed by atoms with Crippen LogP contribution in [0.5, 0.6) is 0 Å². The molecule has 0 radical (unpaired) electrons. The molecule has 78 valence electrons. The van der Waals surface area contributed by atoms with Crippen LogP contribution in [0.4, 0.5) is 4.39 Å². The molecule has 0 aliphatic rings. The van der Waals surface area contributed by atoms with Crippen molar-refractivity contribution in [3.05, 3.63) is 25.5 Å². The molecule has 0 saturated carbocycles. The minimum atomic E-state index is -1.61. The zero-order chi connectivity index (χ0) is 11.1. The lowest BCUT2D eigenvalue weighted by atomic mass is 10.2. The Morgan fingerprint density at radius 2 is 1.86 bits per heavy atom. The smallest absolute Gasteiger partial charge is 0.136 e. The highest BCUT2D eigenvalue weighted by atomic mass is 127. The van der Waals surface area contributed by atoms with E-state index in [1.807, 2.05) is 13.0 Å². The monoisotopic (exact) mass is 386 g/mol. The molecule has 4 heteroatoms. The Labute approximate surface area is 108 Å². The Bertz CT molecular complexity index is 345. The van der Waals surface area contributed by atoms with Crippen molar-refractivity contribution in [3.8, 4) is 0 Å². The summed E-state index contributed by atoms with van der Waals surface area (Å²) in [5.41, 5.74) is 1.12. The Kier molecular flexibility index (Phi) is 3.81. The van der Waals surface area contributed by atoms with E-state index in [1.165, 1.54) is 0 Å². The fraction of sp³-hybridized carbons (Fsp3) is 0.400. The van der Waals surface area contributed by atoms with Crippen molar-refractivity contribution < 1.29 is 4.39 Å². The second-order valence-electron chi connectivity index (χ2n) is 4.43. The molecular weight excluding hydrogens is 374 g/mol. The minimum Gasteiger partial charge on any atom is -0.206 e. The van der Waals surface area contributed by atoms with Crippen molar-refractivity contribution in [1.82, 2.24) is 0 Å². The third kappa shape index (κ3) is 2.39. The summed E-state index contributed by atoms with van der Waals surface area (Å²) in [7, 11) is -1.61. The predicted octanol–water partition coefficient (Wildman–Crippen LogP) is 4.05. The average molecular weight is 387 g/mol. The van der Waals surface area contributed by atoms with E-state index in [1.54, 1.807) is 0 Å². The van der Waals surface area contributed by atoms with Gasteiger partial charge in [0, 0.05) is 8.04 Å². The van der Waals surface area contributed by atoms with Gasteiger partial charge in [-0.15, -0.1) is 0 Å². The fourth-order valence-corrected chi connectivity index (χ4v) is 6.10. The first-order valence-electron chi connectivity index (χ1n) is 4.39. The Morgan fingerprint density at radius 3 is 2.29 bits per heavy atom. The van der Waals surface area contributed by atoms with Gasteiger partial charge in [0.2, 0.25) is 0 Å². The average Bonchev–Trinajstić information content (AvgIpc) is 1.98. The fourth-order valence-electron chi connectivity index (χ4n) is 1.39. The summed E-state index contributed by atoms with van der Waals surface area (Å²) in [6, 6.07) is 1.88. The number of rotatable bonds is 1. The van der Waals surface area contributed by atoms with Crippen LogP contribution in [-0.2, 0) is 0 Å². The van der Waals surface area contributed by atoms with E-state index in [4.69, 9.17) is 0 Å². The summed E-state index contributed by atoms with van der Waals surface area (Å²) >= 11 is 5.55.